The van der Waals surface area contributed by atoms with E-state index in [0.29, 0.717) is 12.1 Å². The second-order valence-electron chi connectivity index (χ2n) is 7.79. The van der Waals surface area contributed by atoms with Gasteiger partial charge >= 0.3 is 11.9 Å². The average molecular weight is 524 g/mol. The van der Waals surface area contributed by atoms with Crippen molar-refractivity contribution in [3.63, 3.8) is 0 Å². The molecule has 2 unspecified atom stereocenters. The van der Waals surface area contributed by atoms with Gasteiger partial charge < -0.3 is 39.9 Å². The van der Waals surface area contributed by atoms with Crippen molar-refractivity contribution in [1.29, 1.82) is 0 Å². The van der Waals surface area contributed by atoms with Crippen molar-refractivity contribution in [2.45, 2.75) is 12.2 Å². The van der Waals surface area contributed by atoms with Crippen LogP contribution in [0.2, 0.25) is 0 Å². The molecule has 0 bridgehead atoms. The zero-order chi connectivity index (χ0) is 27.7. The van der Waals surface area contributed by atoms with Gasteiger partial charge in [-0.05, 0) is 24.3 Å². The highest BCUT2D eigenvalue weighted by atomic mass is 16.4. The maximum Gasteiger partial charge on any atom is 0.371 e. The van der Waals surface area contributed by atoms with Gasteiger partial charge in [-0.1, -0.05) is 12.1 Å². The molecule has 0 aliphatic heterocycles. The number of rotatable bonds is 7. The van der Waals surface area contributed by atoms with Crippen LogP contribution in [0.3, 0.4) is 0 Å². The molecule has 2 aromatic carbocycles. The molecule has 4 aromatic rings. The summed E-state index contributed by atoms with van der Waals surface area (Å²) >= 11 is 0. The number of carbonyl (C=O) groups excluding carboxylic acids is 2. The molecule has 0 aliphatic rings. The standard InChI is InChI=1S/C24H16N2O12/c27-11-7-15(23(33)34)37-13-5-1-3-9(17(11)13)25-21(31)19(29)20(30)22(32)26-10-4-2-6-14-18(10)12(28)8-16(38-14)24(35)36/h1-8,19-20,29-30H,(H,25,31)(H,26,32)(H,33,34)(H,35,36). The van der Waals surface area contributed by atoms with E-state index in [1.807, 2.05) is 0 Å². The SMILES string of the molecule is O=C(O)c1cc(=O)c2c(NC(=O)C(O)C(O)C(=O)Nc3cccc4oc(C(=O)O)cc(=O)c34)cccc2o1. The smallest absolute Gasteiger partial charge is 0.371 e. The molecule has 194 valence electrons. The molecule has 4 rings (SSSR count). The van der Waals surface area contributed by atoms with Crippen molar-refractivity contribution >= 4 is 57.1 Å². The number of aliphatic hydroxyl groups excluding tert-OH is 2. The van der Waals surface area contributed by atoms with Gasteiger partial charge in [0.25, 0.3) is 11.8 Å². The summed E-state index contributed by atoms with van der Waals surface area (Å²) in [5.41, 5.74) is -2.36. The summed E-state index contributed by atoms with van der Waals surface area (Å²) in [7, 11) is 0. The third-order valence-corrected chi connectivity index (χ3v) is 5.28. The van der Waals surface area contributed by atoms with Gasteiger partial charge in [-0.25, -0.2) is 9.59 Å². The summed E-state index contributed by atoms with van der Waals surface area (Å²) < 4.78 is 10.2. The monoisotopic (exact) mass is 524 g/mol. The molecular formula is C24H16N2O12. The van der Waals surface area contributed by atoms with Gasteiger partial charge in [-0.15, -0.1) is 0 Å². The first kappa shape index (κ1) is 25.7. The Morgan fingerprint density at radius 2 is 1.03 bits per heavy atom. The Hall–Kier alpha value is -5.34. The largest absolute Gasteiger partial charge is 0.475 e. The Bertz CT molecular complexity index is 1620. The normalized spacial score (nSPS) is 12.6. The molecule has 0 radical (unpaired) electrons. The molecule has 0 saturated heterocycles. The summed E-state index contributed by atoms with van der Waals surface area (Å²) in [6, 6.07) is 9.08. The number of aliphatic hydroxyl groups is 2. The molecular weight excluding hydrogens is 508 g/mol. The molecule has 14 nitrogen and oxygen atoms in total. The fourth-order valence-corrected chi connectivity index (χ4v) is 3.54. The van der Waals surface area contributed by atoms with E-state index in [4.69, 9.17) is 19.0 Å². The van der Waals surface area contributed by atoms with Gasteiger partial charge in [0.15, 0.2) is 23.1 Å². The van der Waals surface area contributed by atoms with Crippen LogP contribution in [0.5, 0.6) is 0 Å². The van der Waals surface area contributed by atoms with E-state index in [2.05, 4.69) is 10.6 Å². The number of carboxylic acid groups (broad SMARTS) is 2. The summed E-state index contributed by atoms with van der Waals surface area (Å²) in [6.45, 7) is 0. The first-order valence-electron chi connectivity index (χ1n) is 10.6. The number of hydrogen-bond acceptors (Lipinski definition) is 10. The van der Waals surface area contributed by atoms with Crippen LogP contribution in [-0.2, 0) is 9.59 Å². The highest BCUT2D eigenvalue weighted by Crippen LogP contribution is 2.23. The topological polar surface area (TPSA) is 234 Å². The third kappa shape index (κ3) is 4.84. The molecule has 2 atom stereocenters. The number of benzene rings is 2. The first-order chi connectivity index (χ1) is 18.0. The van der Waals surface area contributed by atoms with E-state index in [9.17, 15) is 39.0 Å². The predicted octanol–water partition coefficient (Wildman–Crippen LogP) is 0.595. The molecule has 2 amide bonds. The minimum absolute atomic E-state index is 0.179. The number of hydrogen-bond donors (Lipinski definition) is 6. The zero-order valence-corrected chi connectivity index (χ0v) is 18.8. The second kappa shape index (κ2) is 9.96. The Labute approximate surface area is 209 Å². The van der Waals surface area contributed by atoms with E-state index in [1.54, 1.807) is 0 Å². The quantitative estimate of drug-likeness (QED) is 0.195. The molecule has 38 heavy (non-hydrogen) atoms. The fraction of sp³-hybridized carbons (Fsp3) is 0.0833. The average Bonchev–Trinajstić information content (AvgIpc) is 2.87. The molecule has 0 fully saturated rings. The van der Waals surface area contributed by atoms with Gasteiger partial charge in [-0.2, -0.15) is 0 Å². The van der Waals surface area contributed by atoms with Gasteiger partial charge in [0.1, 0.15) is 11.2 Å². The van der Waals surface area contributed by atoms with Crippen LogP contribution >= 0.6 is 0 Å². The second-order valence-corrected chi connectivity index (χ2v) is 7.79. The van der Waals surface area contributed by atoms with E-state index < -0.39 is 58.3 Å². The predicted molar refractivity (Wildman–Crippen MR) is 128 cm³/mol. The van der Waals surface area contributed by atoms with Crippen LogP contribution < -0.4 is 21.5 Å². The molecule has 2 aromatic heterocycles. The van der Waals surface area contributed by atoms with Gasteiger partial charge in [0.05, 0.1) is 22.1 Å². The van der Waals surface area contributed by atoms with Crippen molar-refractivity contribution in [2.24, 2.45) is 0 Å². The van der Waals surface area contributed by atoms with Crippen LogP contribution in [0.1, 0.15) is 21.1 Å². The van der Waals surface area contributed by atoms with Gasteiger partial charge in [0, 0.05) is 12.1 Å². The van der Waals surface area contributed by atoms with E-state index in [-0.39, 0.29) is 33.3 Å². The lowest BCUT2D eigenvalue weighted by atomic mass is 10.1. The zero-order valence-electron chi connectivity index (χ0n) is 18.8. The Balaban J connectivity index is 1.56. The Morgan fingerprint density at radius 3 is 1.37 bits per heavy atom. The van der Waals surface area contributed by atoms with Crippen LogP contribution in [-0.4, -0.2) is 56.4 Å². The Morgan fingerprint density at radius 1 is 0.658 bits per heavy atom. The lowest BCUT2D eigenvalue weighted by molar-refractivity contribution is -0.139. The number of aromatic carboxylic acids is 2. The molecule has 0 saturated carbocycles. The van der Waals surface area contributed by atoms with Crippen molar-refractivity contribution in [3.8, 4) is 0 Å². The van der Waals surface area contributed by atoms with Crippen LogP contribution in [0.4, 0.5) is 11.4 Å². The highest BCUT2D eigenvalue weighted by molar-refractivity contribution is 6.07. The summed E-state index contributed by atoms with van der Waals surface area (Å²) in [4.78, 5) is 72.1. The Kier molecular flexibility index (Phi) is 6.75. The van der Waals surface area contributed by atoms with E-state index >= 15 is 0 Å². The maximum absolute atomic E-state index is 12.6. The molecule has 14 heteroatoms. The van der Waals surface area contributed by atoms with Crippen LogP contribution in [0.25, 0.3) is 21.9 Å². The van der Waals surface area contributed by atoms with E-state index in [1.165, 1.54) is 36.4 Å². The first-order valence-corrected chi connectivity index (χ1v) is 10.6. The minimum Gasteiger partial charge on any atom is -0.475 e. The molecule has 0 aliphatic carbocycles. The van der Waals surface area contributed by atoms with E-state index in [0.717, 1.165) is 0 Å². The lowest BCUT2D eigenvalue weighted by Gasteiger charge is -2.18. The van der Waals surface area contributed by atoms with Crippen LogP contribution in [0, 0.1) is 0 Å². The van der Waals surface area contributed by atoms with Crippen LogP contribution in [0.15, 0.2) is 67.0 Å². The lowest BCUT2D eigenvalue weighted by Crippen LogP contribution is -2.45. The molecule has 2 heterocycles. The van der Waals surface area contributed by atoms with Crippen molar-refractivity contribution in [1.82, 2.24) is 0 Å². The van der Waals surface area contributed by atoms with Crippen molar-refractivity contribution < 1.29 is 48.4 Å². The maximum atomic E-state index is 12.6. The van der Waals surface area contributed by atoms with Gasteiger partial charge in [0.2, 0.25) is 11.5 Å². The number of anilines is 2. The van der Waals surface area contributed by atoms with Gasteiger partial charge in [-0.3, -0.25) is 19.2 Å². The summed E-state index contributed by atoms with van der Waals surface area (Å²) in [5, 5.41) is 42.5. The summed E-state index contributed by atoms with van der Waals surface area (Å²) in [5.74, 6) is -6.86. The number of carbonyl (C=O) groups is 4. The molecule has 6 N–H and O–H groups in total. The fourth-order valence-electron chi connectivity index (χ4n) is 3.54. The number of fused-ring (bicyclic) bond motifs is 2. The van der Waals surface area contributed by atoms with Crippen molar-refractivity contribution in [2.75, 3.05) is 10.6 Å². The minimum atomic E-state index is -2.36. The molecule has 0 spiro atoms. The number of carboxylic acids is 2. The highest BCUT2D eigenvalue weighted by Gasteiger charge is 2.31. The summed E-state index contributed by atoms with van der Waals surface area (Å²) in [6.07, 6.45) is -4.72. The number of amides is 2. The number of nitrogens with one attached hydrogen (secondary N) is 2. The van der Waals surface area contributed by atoms with Crippen molar-refractivity contribution in [3.05, 3.63) is 80.5 Å². The third-order valence-electron chi connectivity index (χ3n) is 5.28.